The van der Waals surface area contributed by atoms with Crippen molar-refractivity contribution in [1.82, 2.24) is 0 Å². The summed E-state index contributed by atoms with van der Waals surface area (Å²) in [5.41, 5.74) is 0.151. The average Bonchev–Trinajstić information content (AvgIpc) is 2.88. The van der Waals surface area contributed by atoms with Crippen molar-refractivity contribution in [2.45, 2.75) is 46.3 Å². The minimum absolute atomic E-state index is 0. The van der Waals surface area contributed by atoms with Crippen LogP contribution in [0.4, 0.5) is 0 Å². The number of hydrogen-bond acceptors (Lipinski definition) is 1. The van der Waals surface area contributed by atoms with E-state index >= 15 is 0 Å². The number of quaternary nitrogens is 1. The first-order valence-electron chi connectivity index (χ1n) is 5.64. The fourth-order valence-corrected chi connectivity index (χ4v) is 2.28. The maximum absolute atomic E-state index is 5.61. The molecule has 14 heavy (non-hydrogen) atoms. The number of ether oxygens (including phenoxy) is 1. The van der Waals surface area contributed by atoms with Gasteiger partial charge in [-0.3, -0.25) is 4.48 Å². The Hall–Kier alpha value is 0.210. The summed E-state index contributed by atoms with van der Waals surface area (Å²) in [5, 5.41) is 0. The van der Waals surface area contributed by atoms with E-state index in [9.17, 15) is 0 Å². The fraction of sp³-hybridized carbons (Fsp3) is 1.00. The lowest BCUT2D eigenvalue weighted by atomic mass is 10.1. The van der Waals surface area contributed by atoms with Crippen LogP contribution in [0, 0.1) is 0 Å². The van der Waals surface area contributed by atoms with E-state index in [1.165, 1.54) is 32.5 Å². The van der Waals surface area contributed by atoms with Gasteiger partial charge in [-0.25, -0.2) is 0 Å². The molecule has 1 rings (SSSR count). The number of rotatable bonds is 6. The van der Waals surface area contributed by atoms with Gasteiger partial charge in [-0.15, -0.1) is 0 Å². The third-order valence-corrected chi connectivity index (χ3v) is 3.72. The van der Waals surface area contributed by atoms with E-state index in [1.54, 1.807) is 0 Å². The van der Waals surface area contributed by atoms with Gasteiger partial charge in [0.1, 0.15) is 6.61 Å². The minimum Gasteiger partial charge on any atom is -1.00 e. The second kappa shape index (κ2) is 5.34. The van der Waals surface area contributed by atoms with Crippen LogP contribution >= 0.6 is 0 Å². The zero-order valence-corrected chi connectivity index (χ0v) is 10.7. The molecule has 0 radical (unpaired) electrons. The Morgan fingerprint density at radius 2 is 1.71 bits per heavy atom. The molecular formula is C11H24ClNO. The lowest BCUT2D eigenvalue weighted by molar-refractivity contribution is -0.967. The van der Waals surface area contributed by atoms with E-state index < -0.39 is 0 Å². The number of hydrogen-bond donors (Lipinski definition) is 0. The molecule has 0 amide bonds. The first-order chi connectivity index (χ1) is 6.14. The van der Waals surface area contributed by atoms with Gasteiger partial charge in [0, 0.05) is 6.92 Å². The molecule has 0 aromatic carbocycles. The second-order valence-electron chi connectivity index (χ2n) is 4.32. The topological polar surface area (TPSA) is 12.5 Å². The van der Waals surface area contributed by atoms with Crippen LogP contribution in [0.25, 0.3) is 0 Å². The van der Waals surface area contributed by atoms with E-state index in [-0.39, 0.29) is 18.1 Å². The lowest BCUT2D eigenvalue weighted by Crippen LogP contribution is -3.00. The van der Waals surface area contributed by atoms with Crippen LogP contribution in [0.2, 0.25) is 0 Å². The summed E-state index contributed by atoms with van der Waals surface area (Å²) in [6, 6.07) is 0. The van der Waals surface area contributed by atoms with Crippen LogP contribution in [0.1, 0.15) is 40.5 Å². The second-order valence-corrected chi connectivity index (χ2v) is 4.32. The Balaban J connectivity index is 0.00000169. The van der Waals surface area contributed by atoms with Crippen molar-refractivity contribution in [3.63, 3.8) is 0 Å². The zero-order chi connectivity index (χ0) is 9.95. The molecule has 1 saturated heterocycles. The molecule has 0 aliphatic carbocycles. The first kappa shape index (κ1) is 14.2. The van der Waals surface area contributed by atoms with E-state index in [0.29, 0.717) is 0 Å². The van der Waals surface area contributed by atoms with Crippen molar-refractivity contribution in [2.24, 2.45) is 0 Å². The van der Waals surface area contributed by atoms with Gasteiger partial charge >= 0.3 is 0 Å². The molecule has 1 unspecified atom stereocenters. The lowest BCUT2D eigenvalue weighted by Gasteiger charge is -2.40. The summed E-state index contributed by atoms with van der Waals surface area (Å²) in [6.45, 7) is 13.7. The third-order valence-electron chi connectivity index (χ3n) is 3.72. The largest absolute Gasteiger partial charge is 1.00 e. The molecule has 1 atom stereocenters. The van der Waals surface area contributed by atoms with Crippen LogP contribution in [0.3, 0.4) is 0 Å². The standard InChI is InChI=1S/C11H24NO.ClH/c1-5-8-9-12(6-2,7-3)11(4)10-13-11;/h5-10H2,1-4H3;1H/q+1;/p-1. The molecule has 0 saturated carbocycles. The smallest absolute Gasteiger partial charge is 0.224 e. The summed E-state index contributed by atoms with van der Waals surface area (Å²) >= 11 is 0. The van der Waals surface area contributed by atoms with Gasteiger partial charge in [0.05, 0.1) is 19.6 Å². The highest BCUT2D eigenvalue weighted by molar-refractivity contribution is 4.77. The van der Waals surface area contributed by atoms with Gasteiger partial charge in [-0.2, -0.15) is 0 Å². The van der Waals surface area contributed by atoms with E-state index in [4.69, 9.17) is 4.74 Å². The SMILES string of the molecule is CCCC[N+](CC)(CC)C1(C)CO1.[Cl-]. The maximum atomic E-state index is 5.61. The Labute approximate surface area is 94.6 Å². The number of likely N-dealkylation sites (N-methyl/N-ethyl adjacent to an activating group) is 1. The Bertz CT molecular complexity index is 165. The molecule has 1 heterocycles. The quantitative estimate of drug-likeness (QED) is 0.431. The zero-order valence-electron chi connectivity index (χ0n) is 9.98. The van der Waals surface area contributed by atoms with Crippen LogP contribution in [-0.2, 0) is 4.74 Å². The fourth-order valence-electron chi connectivity index (χ4n) is 2.28. The summed E-state index contributed by atoms with van der Waals surface area (Å²) in [7, 11) is 0. The van der Waals surface area contributed by atoms with Crippen LogP contribution < -0.4 is 12.4 Å². The molecule has 1 fully saturated rings. The van der Waals surface area contributed by atoms with Crippen molar-refractivity contribution >= 4 is 0 Å². The average molecular weight is 222 g/mol. The first-order valence-corrected chi connectivity index (χ1v) is 5.64. The van der Waals surface area contributed by atoms with E-state index in [2.05, 4.69) is 27.7 Å². The van der Waals surface area contributed by atoms with Gasteiger partial charge < -0.3 is 17.1 Å². The van der Waals surface area contributed by atoms with E-state index in [0.717, 1.165) is 11.1 Å². The molecule has 0 bridgehead atoms. The van der Waals surface area contributed by atoms with Crippen molar-refractivity contribution in [3.8, 4) is 0 Å². The molecule has 0 spiro atoms. The highest BCUT2D eigenvalue weighted by Crippen LogP contribution is 2.37. The highest BCUT2D eigenvalue weighted by Gasteiger charge is 2.56. The monoisotopic (exact) mass is 221 g/mol. The Kier molecular flexibility index (Phi) is 5.42. The van der Waals surface area contributed by atoms with Crippen molar-refractivity contribution < 1.29 is 21.6 Å². The Morgan fingerprint density at radius 1 is 1.21 bits per heavy atom. The summed E-state index contributed by atoms with van der Waals surface area (Å²) in [6.07, 6.45) is 2.61. The predicted molar refractivity (Wildman–Crippen MR) is 55.5 cm³/mol. The van der Waals surface area contributed by atoms with Crippen molar-refractivity contribution in [1.29, 1.82) is 0 Å². The number of halogens is 1. The van der Waals surface area contributed by atoms with Crippen LogP contribution in [-0.4, -0.2) is 36.4 Å². The van der Waals surface area contributed by atoms with Crippen molar-refractivity contribution in [2.75, 3.05) is 26.2 Å². The minimum atomic E-state index is 0. The normalized spacial score (nSPS) is 25.7. The van der Waals surface area contributed by atoms with Gasteiger partial charge in [-0.05, 0) is 20.3 Å². The van der Waals surface area contributed by atoms with Crippen molar-refractivity contribution in [3.05, 3.63) is 0 Å². The van der Waals surface area contributed by atoms with Crippen LogP contribution in [0.5, 0.6) is 0 Å². The summed E-state index contributed by atoms with van der Waals surface area (Å²) in [5.74, 6) is 0. The van der Waals surface area contributed by atoms with Gasteiger partial charge in [-0.1, -0.05) is 13.3 Å². The van der Waals surface area contributed by atoms with E-state index in [1.807, 2.05) is 0 Å². The highest BCUT2D eigenvalue weighted by atomic mass is 35.5. The molecule has 86 valence electrons. The van der Waals surface area contributed by atoms with Gasteiger partial charge in [0.2, 0.25) is 5.72 Å². The van der Waals surface area contributed by atoms with Crippen LogP contribution in [0.15, 0.2) is 0 Å². The maximum Gasteiger partial charge on any atom is 0.224 e. The number of unbranched alkanes of at least 4 members (excludes halogenated alkanes) is 1. The molecule has 3 heteroatoms. The third kappa shape index (κ3) is 2.41. The molecule has 0 aromatic heterocycles. The molecule has 1 aliphatic heterocycles. The predicted octanol–water partition coefficient (Wildman–Crippen LogP) is -0.606. The molecular weight excluding hydrogens is 198 g/mol. The molecule has 2 nitrogen and oxygen atoms in total. The molecule has 0 N–H and O–H groups in total. The summed E-state index contributed by atoms with van der Waals surface area (Å²) < 4.78 is 6.77. The summed E-state index contributed by atoms with van der Waals surface area (Å²) in [4.78, 5) is 0. The number of epoxide rings is 1. The Morgan fingerprint density at radius 3 is 2.00 bits per heavy atom. The molecule has 0 aromatic rings. The van der Waals surface area contributed by atoms with Gasteiger partial charge in [0.25, 0.3) is 0 Å². The molecule has 1 aliphatic rings. The van der Waals surface area contributed by atoms with Gasteiger partial charge in [0.15, 0.2) is 0 Å². The number of nitrogens with zero attached hydrogens (tertiary/aromatic N) is 1.